The third-order valence-electron chi connectivity index (χ3n) is 5.29. The second-order valence-corrected chi connectivity index (χ2v) is 7.87. The van der Waals surface area contributed by atoms with Crippen LogP contribution in [0.25, 0.3) is 11.5 Å². The molecule has 0 spiro atoms. The van der Waals surface area contributed by atoms with Gasteiger partial charge in [0.15, 0.2) is 0 Å². The van der Waals surface area contributed by atoms with Gasteiger partial charge >= 0.3 is 18.9 Å². The van der Waals surface area contributed by atoms with Gasteiger partial charge in [-0.05, 0) is 55.2 Å². The van der Waals surface area contributed by atoms with Crippen LogP contribution in [0.1, 0.15) is 35.4 Å². The Morgan fingerprint density at radius 3 is 2.25 bits per heavy atom. The maximum atomic E-state index is 10.9. The van der Waals surface area contributed by atoms with E-state index >= 15 is 0 Å². The average molecular weight is 476 g/mol. The van der Waals surface area contributed by atoms with E-state index in [2.05, 4.69) is 10.1 Å². The third-order valence-corrected chi connectivity index (χ3v) is 5.29. The molecular formula is C28H25LiN2O5. The van der Waals surface area contributed by atoms with Crippen LogP contribution in [-0.2, 0) is 22.8 Å². The Balaban J connectivity index is 0.00000361. The van der Waals surface area contributed by atoms with Gasteiger partial charge < -0.3 is 23.9 Å². The van der Waals surface area contributed by atoms with E-state index in [4.69, 9.17) is 14.0 Å². The molecule has 0 N–H and O–H groups in total. The Morgan fingerprint density at radius 2 is 1.58 bits per heavy atom. The predicted molar refractivity (Wildman–Crippen MR) is 129 cm³/mol. The van der Waals surface area contributed by atoms with Crippen molar-refractivity contribution in [1.29, 1.82) is 0 Å². The van der Waals surface area contributed by atoms with Crippen molar-refractivity contribution >= 4 is 11.7 Å². The van der Waals surface area contributed by atoms with Crippen molar-refractivity contribution in [3.8, 4) is 17.2 Å². The summed E-state index contributed by atoms with van der Waals surface area (Å²) in [6, 6.07) is 26.6. The molecule has 0 bridgehead atoms. The molecule has 0 aliphatic heterocycles. The topological polar surface area (TPSA) is 97.0 Å². The zero-order valence-electron chi connectivity index (χ0n) is 20.3. The Bertz CT molecular complexity index is 1270. The number of carboxylic acids is 1. The van der Waals surface area contributed by atoms with Crippen molar-refractivity contribution in [2.45, 2.75) is 33.0 Å². The quantitative estimate of drug-likeness (QED) is 0.186. The number of aromatic nitrogens is 1. The molecule has 1 heterocycles. The van der Waals surface area contributed by atoms with Crippen molar-refractivity contribution in [1.82, 2.24) is 4.98 Å². The van der Waals surface area contributed by atoms with E-state index < -0.39 is 5.97 Å². The largest absolute Gasteiger partial charge is 1.00 e. The number of aryl methyl sites for hydroxylation is 1. The number of oxazole rings is 1. The van der Waals surface area contributed by atoms with Gasteiger partial charge in [-0.3, -0.25) is 0 Å². The number of benzene rings is 3. The van der Waals surface area contributed by atoms with Crippen molar-refractivity contribution in [3.63, 3.8) is 0 Å². The molecule has 0 saturated carbocycles. The maximum Gasteiger partial charge on any atom is 1.00 e. The van der Waals surface area contributed by atoms with Crippen molar-refractivity contribution < 1.29 is 42.8 Å². The van der Waals surface area contributed by atoms with E-state index in [1.54, 1.807) is 0 Å². The van der Waals surface area contributed by atoms with Crippen LogP contribution in [-0.4, -0.2) is 16.7 Å². The van der Waals surface area contributed by atoms with E-state index in [1.165, 1.54) is 0 Å². The summed E-state index contributed by atoms with van der Waals surface area (Å²) in [6.07, 6.45) is 0.105. The first-order valence-corrected chi connectivity index (χ1v) is 11.3. The molecule has 0 saturated heterocycles. The molecule has 0 amide bonds. The fourth-order valence-electron chi connectivity index (χ4n) is 3.38. The first-order valence-electron chi connectivity index (χ1n) is 11.3. The SMILES string of the molecule is Cc1oc(-c2ccccc2)nc1COc1ccc(CON=C(CCC(=O)[O-])c2ccccc2)cc1.[Li+]. The van der Waals surface area contributed by atoms with Gasteiger partial charge in [0.25, 0.3) is 0 Å². The van der Waals surface area contributed by atoms with E-state index in [1.807, 2.05) is 91.9 Å². The summed E-state index contributed by atoms with van der Waals surface area (Å²) in [6.45, 7) is 2.40. The molecule has 8 heteroatoms. The Labute approximate surface area is 222 Å². The van der Waals surface area contributed by atoms with Crippen LogP contribution in [0.4, 0.5) is 0 Å². The minimum Gasteiger partial charge on any atom is -0.550 e. The Hall–Kier alpha value is -3.79. The predicted octanol–water partition coefficient (Wildman–Crippen LogP) is 1.68. The standard InChI is InChI=1S/C28H26N2O5.Li/c1-20-26(29-28(35-20)23-10-6-3-7-11-23)19-33-24-14-12-21(13-15-24)18-34-30-25(16-17-27(31)32)22-8-4-2-5-9-22;/h2-15H,16-19H2,1H3,(H,31,32);/q;+1/p-1. The molecule has 0 radical (unpaired) electrons. The molecule has 0 unspecified atom stereocenters. The van der Waals surface area contributed by atoms with Gasteiger partial charge in [0.05, 0.1) is 5.71 Å². The van der Waals surface area contributed by atoms with Gasteiger partial charge in [0.1, 0.15) is 30.4 Å². The van der Waals surface area contributed by atoms with Crippen LogP contribution in [0.15, 0.2) is 94.5 Å². The molecule has 3 aromatic carbocycles. The summed E-state index contributed by atoms with van der Waals surface area (Å²) in [5.41, 5.74) is 3.94. The molecule has 0 fully saturated rings. The number of ether oxygens (including phenoxy) is 1. The average Bonchev–Trinajstić information content (AvgIpc) is 3.27. The first kappa shape index (κ1) is 26.8. The fraction of sp³-hybridized carbons (Fsp3) is 0.179. The summed E-state index contributed by atoms with van der Waals surface area (Å²) in [5, 5.41) is 15.0. The first-order chi connectivity index (χ1) is 17.1. The molecule has 0 atom stereocenters. The number of aliphatic carboxylic acids is 1. The number of hydrogen-bond acceptors (Lipinski definition) is 7. The molecule has 0 aliphatic rings. The Morgan fingerprint density at radius 1 is 0.917 bits per heavy atom. The normalized spacial score (nSPS) is 11.0. The van der Waals surface area contributed by atoms with E-state index in [0.717, 1.165) is 28.1 Å². The van der Waals surface area contributed by atoms with Crippen LogP contribution in [0.3, 0.4) is 0 Å². The maximum absolute atomic E-state index is 10.9. The van der Waals surface area contributed by atoms with Crippen molar-refractivity contribution in [3.05, 3.63) is 108 Å². The molecule has 7 nitrogen and oxygen atoms in total. The summed E-state index contributed by atoms with van der Waals surface area (Å²) in [5.74, 6) is 0.866. The molecule has 1 aromatic heterocycles. The van der Waals surface area contributed by atoms with E-state index in [-0.39, 0.29) is 38.3 Å². The minimum absolute atomic E-state index is 0. The van der Waals surface area contributed by atoms with Gasteiger partial charge in [0.2, 0.25) is 5.89 Å². The third kappa shape index (κ3) is 7.61. The molecule has 4 rings (SSSR count). The zero-order chi connectivity index (χ0) is 24.5. The van der Waals surface area contributed by atoms with Gasteiger partial charge in [-0.2, -0.15) is 0 Å². The van der Waals surface area contributed by atoms with Crippen molar-refractivity contribution in [2.24, 2.45) is 5.16 Å². The molecule has 36 heavy (non-hydrogen) atoms. The van der Waals surface area contributed by atoms with Gasteiger partial charge in [0, 0.05) is 11.5 Å². The van der Waals surface area contributed by atoms with E-state index in [9.17, 15) is 9.90 Å². The summed E-state index contributed by atoms with van der Waals surface area (Å²) < 4.78 is 11.7. The van der Waals surface area contributed by atoms with Gasteiger partial charge in [-0.15, -0.1) is 0 Å². The van der Waals surface area contributed by atoms with E-state index in [0.29, 0.717) is 24.0 Å². The van der Waals surface area contributed by atoms with Gasteiger partial charge in [-0.1, -0.05) is 65.8 Å². The molecule has 4 aromatic rings. The van der Waals surface area contributed by atoms with Crippen LogP contribution < -0.4 is 28.7 Å². The van der Waals surface area contributed by atoms with Crippen LogP contribution in [0.2, 0.25) is 0 Å². The van der Waals surface area contributed by atoms with Crippen molar-refractivity contribution in [2.75, 3.05) is 0 Å². The zero-order valence-corrected chi connectivity index (χ0v) is 20.3. The fourth-order valence-corrected chi connectivity index (χ4v) is 3.38. The molecule has 178 valence electrons. The summed E-state index contributed by atoms with van der Waals surface area (Å²) >= 11 is 0. The summed E-state index contributed by atoms with van der Waals surface area (Å²) in [4.78, 5) is 20.9. The number of nitrogens with zero attached hydrogens (tertiary/aromatic N) is 2. The minimum atomic E-state index is -1.12. The molecule has 0 aliphatic carbocycles. The number of oxime groups is 1. The molecular weight excluding hydrogens is 451 g/mol. The number of carbonyl (C=O) groups is 1. The smallest absolute Gasteiger partial charge is 0.550 e. The number of rotatable bonds is 11. The van der Waals surface area contributed by atoms with Crippen LogP contribution in [0, 0.1) is 6.92 Å². The second-order valence-electron chi connectivity index (χ2n) is 7.87. The number of hydrogen-bond donors (Lipinski definition) is 0. The van der Waals surface area contributed by atoms with Gasteiger partial charge in [-0.25, -0.2) is 4.98 Å². The summed E-state index contributed by atoms with van der Waals surface area (Å²) in [7, 11) is 0. The Kier molecular flexibility index (Phi) is 9.93. The second kappa shape index (κ2) is 13.3. The van der Waals surface area contributed by atoms with Crippen LogP contribution >= 0.6 is 0 Å². The monoisotopic (exact) mass is 476 g/mol. The van der Waals surface area contributed by atoms with Crippen LogP contribution in [0.5, 0.6) is 5.75 Å². The number of carboxylic acid groups (broad SMARTS) is 1. The number of carbonyl (C=O) groups excluding carboxylic acids is 1.